The number of aliphatic hydroxyl groups excluding tert-OH is 1. The predicted octanol–water partition coefficient (Wildman–Crippen LogP) is 3.78. The quantitative estimate of drug-likeness (QED) is 0.527. The maximum absolute atomic E-state index is 12.9. The Labute approximate surface area is 208 Å². The van der Waals surface area contributed by atoms with E-state index in [1.165, 1.54) is 23.8 Å². The van der Waals surface area contributed by atoms with Crippen molar-refractivity contribution in [1.82, 2.24) is 5.32 Å². The molecule has 3 rings (SSSR count). The van der Waals surface area contributed by atoms with E-state index in [2.05, 4.69) is 5.32 Å². The van der Waals surface area contributed by atoms with Crippen molar-refractivity contribution in [2.75, 3.05) is 24.8 Å². The molecule has 1 unspecified atom stereocenters. The molecule has 2 aliphatic heterocycles. The number of rotatable bonds is 1. The Morgan fingerprint density at radius 2 is 2.12 bits per heavy atom. The lowest BCUT2D eigenvalue weighted by molar-refractivity contribution is -0.118. The standard InChI is InChI=1S/C24H31ClN2O6S/c1-15-6-4-5-9-24(31)13-17(33-23(30)26-24)14-34-21(29)8-7-20(28)27(2)18-11-16(10-15)12-19(32-3)22(18)25/h4-6,11-12,17,21,29,31H,7-10,13-14H2,1-3H3,(H,26,30)/b5-4+,15-6+/t17-,21?,24+/m0/s1. The molecule has 4 bridgehead atoms. The summed E-state index contributed by atoms with van der Waals surface area (Å²) >= 11 is 7.68. The lowest BCUT2D eigenvalue weighted by Crippen LogP contribution is -2.56. The van der Waals surface area contributed by atoms with E-state index in [-0.39, 0.29) is 31.6 Å². The number of ether oxygens (including phenoxy) is 2. The fraction of sp³-hybridized carbons (Fsp3) is 0.500. The highest BCUT2D eigenvalue weighted by Crippen LogP contribution is 2.37. The third-order valence-corrected chi connectivity index (χ3v) is 7.31. The van der Waals surface area contributed by atoms with Crippen molar-refractivity contribution in [3.63, 3.8) is 0 Å². The molecule has 2 heterocycles. The Hall–Kier alpha value is -2.20. The average Bonchev–Trinajstić information content (AvgIpc) is 2.78. The van der Waals surface area contributed by atoms with Crippen molar-refractivity contribution in [2.24, 2.45) is 0 Å². The van der Waals surface area contributed by atoms with Crippen LogP contribution in [0.15, 0.2) is 35.9 Å². The van der Waals surface area contributed by atoms with Crippen LogP contribution in [0, 0.1) is 0 Å². The van der Waals surface area contributed by atoms with Gasteiger partial charge in [-0.15, -0.1) is 11.8 Å². The number of hydrogen-bond acceptors (Lipinski definition) is 7. The van der Waals surface area contributed by atoms with E-state index in [4.69, 9.17) is 21.1 Å². The molecule has 3 N–H and O–H groups in total. The second kappa shape index (κ2) is 11.5. The van der Waals surface area contributed by atoms with Crippen LogP contribution in [0.3, 0.4) is 0 Å². The molecule has 2 amide bonds. The summed E-state index contributed by atoms with van der Waals surface area (Å²) in [5.74, 6) is 0.578. The Kier molecular flexibility index (Phi) is 8.92. The Morgan fingerprint density at radius 3 is 2.85 bits per heavy atom. The van der Waals surface area contributed by atoms with Crippen molar-refractivity contribution < 1.29 is 29.3 Å². The summed E-state index contributed by atoms with van der Waals surface area (Å²) in [6, 6.07) is 3.70. The molecule has 1 fully saturated rings. The summed E-state index contributed by atoms with van der Waals surface area (Å²) in [5, 5.41) is 24.1. The number of methoxy groups -OCH3 is 1. The van der Waals surface area contributed by atoms with Crippen LogP contribution < -0.4 is 15.0 Å². The first-order chi connectivity index (χ1) is 16.1. The molecule has 10 heteroatoms. The van der Waals surface area contributed by atoms with Gasteiger partial charge in [0.05, 0.1) is 18.2 Å². The van der Waals surface area contributed by atoms with Crippen molar-refractivity contribution in [2.45, 2.75) is 56.3 Å². The van der Waals surface area contributed by atoms with E-state index in [0.29, 0.717) is 28.6 Å². The number of allylic oxidation sites excluding steroid dienone is 3. The minimum absolute atomic E-state index is 0.104. The zero-order valence-corrected chi connectivity index (χ0v) is 21.1. The Balaban J connectivity index is 1.90. The molecule has 186 valence electrons. The number of fused-ring (bicyclic) bond motifs is 4. The van der Waals surface area contributed by atoms with E-state index in [1.54, 1.807) is 13.1 Å². The van der Waals surface area contributed by atoms with Crippen LogP contribution in [0.1, 0.15) is 38.2 Å². The van der Waals surface area contributed by atoms with E-state index in [0.717, 1.165) is 11.1 Å². The van der Waals surface area contributed by atoms with Gasteiger partial charge in [0.15, 0.2) is 0 Å². The van der Waals surface area contributed by atoms with Crippen molar-refractivity contribution in [1.29, 1.82) is 0 Å². The third-order valence-electron chi connectivity index (χ3n) is 5.74. The van der Waals surface area contributed by atoms with Gasteiger partial charge < -0.3 is 24.6 Å². The molecule has 0 saturated carbocycles. The van der Waals surface area contributed by atoms with Gasteiger partial charge in [-0.2, -0.15) is 0 Å². The van der Waals surface area contributed by atoms with Gasteiger partial charge in [-0.05, 0) is 37.5 Å². The van der Waals surface area contributed by atoms with Crippen LogP contribution in [0.4, 0.5) is 10.5 Å². The van der Waals surface area contributed by atoms with E-state index < -0.39 is 23.4 Å². The molecule has 1 aromatic carbocycles. The topological polar surface area (TPSA) is 108 Å². The van der Waals surface area contributed by atoms with Crippen molar-refractivity contribution in [3.05, 3.63) is 46.5 Å². The lowest BCUT2D eigenvalue weighted by Gasteiger charge is -2.36. The number of alkyl carbamates (subject to hydrolysis) is 1. The molecule has 3 atom stereocenters. The summed E-state index contributed by atoms with van der Waals surface area (Å²) in [6.45, 7) is 1.97. The first-order valence-electron chi connectivity index (χ1n) is 11.1. The highest BCUT2D eigenvalue weighted by Gasteiger charge is 2.38. The third kappa shape index (κ3) is 6.91. The minimum atomic E-state index is -1.43. The van der Waals surface area contributed by atoms with Crippen LogP contribution >= 0.6 is 23.4 Å². The number of hydrogen-bond donors (Lipinski definition) is 3. The number of nitrogens with one attached hydrogen (secondary N) is 1. The molecule has 2 aliphatic rings. The normalized spacial score (nSPS) is 29.5. The lowest BCUT2D eigenvalue weighted by atomic mass is 10.00. The first kappa shape index (κ1) is 26.4. The maximum atomic E-state index is 12.9. The fourth-order valence-corrected chi connectivity index (χ4v) is 5.15. The molecule has 8 nitrogen and oxygen atoms in total. The van der Waals surface area contributed by atoms with Gasteiger partial charge in [0.2, 0.25) is 5.91 Å². The highest BCUT2D eigenvalue weighted by atomic mass is 35.5. The molecule has 0 aromatic heterocycles. The van der Waals surface area contributed by atoms with Gasteiger partial charge in [-0.3, -0.25) is 10.1 Å². The van der Waals surface area contributed by atoms with Crippen LogP contribution in [0.2, 0.25) is 5.02 Å². The summed E-state index contributed by atoms with van der Waals surface area (Å²) < 4.78 is 10.7. The van der Waals surface area contributed by atoms with Gasteiger partial charge in [0, 0.05) is 32.1 Å². The summed E-state index contributed by atoms with van der Waals surface area (Å²) in [6.07, 6.45) is 5.63. The highest BCUT2D eigenvalue weighted by molar-refractivity contribution is 7.99. The second-order valence-electron chi connectivity index (χ2n) is 8.62. The number of nitrogens with zero attached hydrogens (tertiary/aromatic N) is 1. The zero-order chi connectivity index (χ0) is 24.9. The minimum Gasteiger partial charge on any atom is -0.495 e. The maximum Gasteiger partial charge on any atom is 0.409 e. The first-order valence-corrected chi connectivity index (χ1v) is 12.5. The number of aliphatic hydroxyl groups is 2. The molecule has 0 spiro atoms. The number of carbonyl (C=O) groups excluding carboxylic acids is 2. The van der Waals surface area contributed by atoms with Gasteiger partial charge in [0.25, 0.3) is 0 Å². The largest absolute Gasteiger partial charge is 0.495 e. The van der Waals surface area contributed by atoms with Gasteiger partial charge in [-0.1, -0.05) is 35.4 Å². The van der Waals surface area contributed by atoms with E-state index >= 15 is 0 Å². The van der Waals surface area contributed by atoms with Crippen molar-refractivity contribution >= 4 is 41.1 Å². The van der Waals surface area contributed by atoms with Gasteiger partial charge in [-0.25, -0.2) is 4.79 Å². The summed E-state index contributed by atoms with van der Waals surface area (Å²) in [7, 11) is 3.18. The molecule has 1 aromatic rings. The molecular formula is C24H31ClN2O6S. The summed E-state index contributed by atoms with van der Waals surface area (Å²) in [4.78, 5) is 26.3. The molecule has 34 heavy (non-hydrogen) atoms. The van der Waals surface area contributed by atoms with E-state index in [1.807, 2.05) is 31.2 Å². The van der Waals surface area contributed by atoms with Gasteiger partial charge in [0.1, 0.15) is 22.6 Å². The smallest absolute Gasteiger partial charge is 0.409 e. The SMILES string of the molecule is COc1cc2cc(c1Cl)N(C)C(=O)CCC(O)SC[C@@H]1C[C@](O)(C/C=C/C=C(\C)C2)NC(=O)O1. The predicted molar refractivity (Wildman–Crippen MR) is 133 cm³/mol. The van der Waals surface area contributed by atoms with Crippen LogP contribution in [-0.2, 0) is 16.0 Å². The number of anilines is 1. The molecule has 1 saturated heterocycles. The fourth-order valence-electron chi connectivity index (χ4n) is 3.93. The Morgan fingerprint density at radius 1 is 1.35 bits per heavy atom. The van der Waals surface area contributed by atoms with Crippen molar-refractivity contribution in [3.8, 4) is 5.75 Å². The molecule has 0 radical (unpaired) electrons. The number of thioether (sulfide) groups is 1. The zero-order valence-electron chi connectivity index (χ0n) is 19.5. The number of halogens is 1. The Bertz CT molecular complexity index is 984. The number of carbonyl (C=O) groups is 2. The summed E-state index contributed by atoms with van der Waals surface area (Å²) in [5.41, 5.74) is 0.246. The van der Waals surface area contributed by atoms with E-state index in [9.17, 15) is 19.8 Å². The average molecular weight is 511 g/mol. The van der Waals surface area contributed by atoms with Gasteiger partial charge >= 0.3 is 6.09 Å². The second-order valence-corrected chi connectivity index (χ2v) is 10.2. The number of benzene rings is 1. The molecule has 0 aliphatic carbocycles. The monoisotopic (exact) mass is 510 g/mol. The van der Waals surface area contributed by atoms with Crippen LogP contribution in [0.25, 0.3) is 0 Å². The van der Waals surface area contributed by atoms with Crippen LogP contribution in [0.5, 0.6) is 5.75 Å². The van der Waals surface area contributed by atoms with Crippen LogP contribution in [-0.4, -0.2) is 59.4 Å². The molecular weight excluding hydrogens is 480 g/mol. The number of amides is 2.